The molecule has 1 saturated heterocycles. The number of carbonyl (C=O) groups is 1. The van der Waals surface area contributed by atoms with Crippen LogP contribution < -0.4 is 10.7 Å². The van der Waals surface area contributed by atoms with E-state index in [2.05, 4.69) is 37.5 Å². The summed E-state index contributed by atoms with van der Waals surface area (Å²) in [5.74, 6) is 1.34. The number of hydrogen-bond donors (Lipinski definition) is 3. The van der Waals surface area contributed by atoms with Gasteiger partial charge in [0, 0.05) is 54.4 Å². The number of hydrazone groups is 1. The highest BCUT2D eigenvalue weighted by Gasteiger charge is 2.26. The quantitative estimate of drug-likeness (QED) is 0.226. The number of fused-ring (bicyclic) bond motifs is 1. The van der Waals surface area contributed by atoms with Crippen LogP contribution >= 0.6 is 0 Å². The van der Waals surface area contributed by atoms with E-state index in [1.807, 2.05) is 61.5 Å². The zero-order valence-electron chi connectivity index (χ0n) is 18.2. The molecule has 0 unspecified atom stereocenters. The molecule has 0 radical (unpaired) electrons. The van der Waals surface area contributed by atoms with Crippen LogP contribution in [0.25, 0.3) is 27.9 Å². The first-order chi connectivity index (χ1) is 16.1. The number of hydrogen-bond acceptors (Lipinski definition) is 6. The van der Waals surface area contributed by atoms with E-state index in [1.165, 1.54) is 0 Å². The second kappa shape index (κ2) is 8.58. The Hall–Kier alpha value is -4.46. The highest BCUT2D eigenvalue weighted by molar-refractivity contribution is 5.99. The minimum atomic E-state index is 0.0422. The van der Waals surface area contributed by atoms with Gasteiger partial charge in [-0.2, -0.15) is 5.10 Å². The van der Waals surface area contributed by atoms with Crippen LogP contribution in [0.5, 0.6) is 0 Å². The van der Waals surface area contributed by atoms with Gasteiger partial charge in [-0.25, -0.2) is 9.97 Å². The minimum absolute atomic E-state index is 0.0422. The maximum Gasteiger partial charge on any atom is 0.270 e. The number of amides is 1. The van der Waals surface area contributed by atoms with Gasteiger partial charge in [-0.05, 0) is 48.4 Å². The van der Waals surface area contributed by atoms with Crippen LogP contribution in [0.15, 0.2) is 72.1 Å². The van der Waals surface area contributed by atoms with Crippen LogP contribution in [-0.2, 0) is 0 Å². The number of rotatable bonds is 7. The zero-order valence-corrected chi connectivity index (χ0v) is 18.2. The zero-order chi connectivity index (χ0) is 22.8. The molecule has 8 nitrogen and oxygen atoms in total. The van der Waals surface area contributed by atoms with Crippen molar-refractivity contribution < 1.29 is 4.79 Å². The van der Waals surface area contributed by atoms with Gasteiger partial charge in [0.15, 0.2) is 5.82 Å². The molecule has 0 saturated carbocycles. The van der Waals surface area contributed by atoms with Crippen molar-refractivity contribution in [2.24, 2.45) is 5.10 Å². The van der Waals surface area contributed by atoms with E-state index in [4.69, 9.17) is 0 Å². The maximum atomic E-state index is 12.3. The molecule has 0 aliphatic carbocycles. The van der Waals surface area contributed by atoms with Crippen molar-refractivity contribution in [2.45, 2.75) is 6.92 Å². The van der Waals surface area contributed by atoms with Gasteiger partial charge < -0.3 is 15.2 Å². The maximum absolute atomic E-state index is 12.3. The molecule has 1 aliphatic heterocycles. The third-order valence-corrected chi connectivity index (χ3v) is 5.49. The number of nitrogens with zero attached hydrogens (tertiary/aromatic N) is 4. The first-order valence-electron chi connectivity index (χ1n) is 10.6. The molecule has 164 valence electrons. The Morgan fingerprint density at radius 1 is 1.15 bits per heavy atom. The highest BCUT2D eigenvalue weighted by Crippen LogP contribution is 2.25. The number of aromatic amines is 1. The Morgan fingerprint density at radius 3 is 2.73 bits per heavy atom. The molecule has 0 bridgehead atoms. The van der Waals surface area contributed by atoms with Gasteiger partial charge in [0.25, 0.3) is 5.91 Å². The summed E-state index contributed by atoms with van der Waals surface area (Å²) >= 11 is 0. The van der Waals surface area contributed by atoms with Crippen LogP contribution in [0.1, 0.15) is 23.0 Å². The summed E-state index contributed by atoms with van der Waals surface area (Å²) in [7, 11) is 0. The van der Waals surface area contributed by atoms with Crippen molar-refractivity contribution in [2.75, 3.05) is 18.4 Å². The molecule has 5 rings (SSSR count). The molecule has 1 fully saturated rings. The van der Waals surface area contributed by atoms with Crippen LogP contribution in [0, 0.1) is 0 Å². The van der Waals surface area contributed by atoms with Gasteiger partial charge in [-0.15, -0.1) is 0 Å². The van der Waals surface area contributed by atoms with Gasteiger partial charge >= 0.3 is 0 Å². The van der Waals surface area contributed by atoms with Crippen molar-refractivity contribution >= 4 is 40.6 Å². The number of aromatic nitrogens is 3. The second-order valence-corrected chi connectivity index (χ2v) is 7.86. The molecular formula is C25H23N7O. The van der Waals surface area contributed by atoms with E-state index in [9.17, 15) is 4.79 Å². The molecule has 2 aromatic heterocycles. The molecule has 0 atom stereocenters. The Labute approximate surface area is 191 Å². The molecule has 1 amide bonds. The summed E-state index contributed by atoms with van der Waals surface area (Å²) in [6, 6.07) is 17.7. The van der Waals surface area contributed by atoms with Crippen molar-refractivity contribution in [3.05, 3.63) is 78.3 Å². The molecule has 8 heteroatoms. The van der Waals surface area contributed by atoms with Crippen LogP contribution in [0.4, 0.5) is 11.5 Å². The predicted octanol–water partition coefficient (Wildman–Crippen LogP) is 4.39. The second-order valence-electron chi connectivity index (χ2n) is 7.86. The predicted molar refractivity (Wildman–Crippen MR) is 131 cm³/mol. The van der Waals surface area contributed by atoms with Crippen LogP contribution in [-0.4, -0.2) is 45.6 Å². The molecule has 1 aliphatic rings. The average Bonchev–Trinajstić information content (AvgIpc) is 3.61. The summed E-state index contributed by atoms with van der Waals surface area (Å²) in [6.45, 7) is 7.06. The fourth-order valence-electron chi connectivity index (χ4n) is 3.56. The van der Waals surface area contributed by atoms with Crippen LogP contribution in [0.2, 0.25) is 0 Å². The first kappa shape index (κ1) is 20.4. The molecule has 2 aromatic carbocycles. The number of H-pyrrole nitrogens is 1. The third-order valence-electron chi connectivity index (χ3n) is 5.49. The Balaban J connectivity index is 1.35. The van der Waals surface area contributed by atoms with E-state index < -0.39 is 0 Å². The molecular weight excluding hydrogens is 414 g/mol. The summed E-state index contributed by atoms with van der Waals surface area (Å²) in [5, 5.41) is 7.93. The largest absolute Gasteiger partial charge is 0.351 e. The number of allylic oxidation sites excluding steroid dienone is 1. The minimum Gasteiger partial charge on any atom is -0.351 e. The third kappa shape index (κ3) is 4.45. The van der Waals surface area contributed by atoms with Crippen molar-refractivity contribution in [1.82, 2.24) is 25.3 Å². The van der Waals surface area contributed by atoms with Gasteiger partial charge in [-0.1, -0.05) is 24.3 Å². The Bertz CT molecular complexity index is 1370. The summed E-state index contributed by atoms with van der Waals surface area (Å²) < 4.78 is 0. The lowest BCUT2D eigenvalue weighted by atomic mass is 10.1. The molecule has 4 aromatic rings. The smallest absolute Gasteiger partial charge is 0.270 e. The van der Waals surface area contributed by atoms with Gasteiger partial charge in [0.2, 0.25) is 0 Å². The van der Waals surface area contributed by atoms with E-state index in [-0.39, 0.29) is 5.91 Å². The summed E-state index contributed by atoms with van der Waals surface area (Å²) in [6.07, 6.45) is 3.53. The molecule has 3 N–H and O–H groups in total. The Morgan fingerprint density at radius 2 is 1.97 bits per heavy atom. The fraction of sp³-hybridized carbons (Fsp3) is 0.120. The van der Waals surface area contributed by atoms with Gasteiger partial charge in [0.05, 0.1) is 0 Å². The molecule has 33 heavy (non-hydrogen) atoms. The lowest BCUT2D eigenvalue weighted by molar-refractivity contribution is 0.0881. The standard InChI is InChI=1S/C25H23N7O/c1-16(15-28-26-2)17-5-7-20(8-6-17)29-23-9-10-27-24(31-23)19-4-3-18-13-22(30-21(18)14-19)25(33)32-11-12-32/h3-10,13-15,28,30H,2,11-12H2,1H3,(H,27,29,31)/b16-15+. The number of nitrogens with one attached hydrogen (secondary N) is 3. The first-order valence-corrected chi connectivity index (χ1v) is 10.6. The van der Waals surface area contributed by atoms with Gasteiger partial charge in [0.1, 0.15) is 11.5 Å². The van der Waals surface area contributed by atoms with E-state index in [1.54, 1.807) is 17.3 Å². The lowest BCUT2D eigenvalue weighted by Crippen LogP contribution is -2.10. The van der Waals surface area contributed by atoms with Crippen molar-refractivity contribution in [3.8, 4) is 11.4 Å². The van der Waals surface area contributed by atoms with E-state index in [0.717, 1.165) is 46.4 Å². The SMILES string of the molecule is C=NN/C=C(\C)c1ccc(Nc2ccnc(-c3ccc4cc(C(=O)N5CC5)[nH]c4c3)n2)cc1. The van der Waals surface area contributed by atoms with Crippen molar-refractivity contribution in [1.29, 1.82) is 0 Å². The fourth-order valence-corrected chi connectivity index (χ4v) is 3.56. The normalized spacial score (nSPS) is 13.1. The van der Waals surface area contributed by atoms with Crippen LogP contribution in [0.3, 0.4) is 0 Å². The molecule has 3 heterocycles. The topological polar surface area (TPSA) is 98.1 Å². The summed E-state index contributed by atoms with van der Waals surface area (Å²) in [5.41, 5.74) is 8.17. The number of carbonyl (C=O) groups excluding carboxylic acids is 1. The molecule has 0 spiro atoms. The average molecular weight is 438 g/mol. The number of anilines is 2. The number of benzene rings is 2. The van der Waals surface area contributed by atoms with E-state index >= 15 is 0 Å². The Kier molecular flexibility index (Phi) is 5.32. The van der Waals surface area contributed by atoms with E-state index in [0.29, 0.717) is 17.3 Å². The van der Waals surface area contributed by atoms with Crippen molar-refractivity contribution in [3.63, 3.8) is 0 Å². The lowest BCUT2D eigenvalue weighted by Gasteiger charge is -2.09. The highest BCUT2D eigenvalue weighted by atomic mass is 16.2. The monoisotopic (exact) mass is 437 g/mol. The van der Waals surface area contributed by atoms with Gasteiger partial charge in [-0.3, -0.25) is 10.2 Å². The summed E-state index contributed by atoms with van der Waals surface area (Å²) in [4.78, 5) is 26.4.